The van der Waals surface area contributed by atoms with Gasteiger partial charge in [-0.2, -0.15) is 4.98 Å². The van der Waals surface area contributed by atoms with Gasteiger partial charge in [-0.15, -0.1) is 0 Å². The van der Waals surface area contributed by atoms with Crippen molar-refractivity contribution in [2.75, 3.05) is 18.1 Å². The lowest BCUT2D eigenvalue weighted by Crippen LogP contribution is -2.25. The number of amides is 1. The maximum absolute atomic E-state index is 13.6. The maximum atomic E-state index is 13.6. The normalized spacial score (nSPS) is 16.4. The molecule has 4 rings (SSSR count). The van der Waals surface area contributed by atoms with Gasteiger partial charge in [-0.05, 0) is 55.3 Å². The molecule has 1 aliphatic heterocycles. The largest absolute Gasteiger partial charge is 0.494 e. The van der Waals surface area contributed by atoms with E-state index in [1.165, 1.54) is 12.1 Å². The lowest BCUT2D eigenvalue weighted by Gasteiger charge is -2.18. The van der Waals surface area contributed by atoms with Crippen molar-refractivity contribution in [2.45, 2.75) is 32.6 Å². The molecule has 1 aromatic heterocycles. The molecule has 1 saturated heterocycles. The van der Waals surface area contributed by atoms with Crippen LogP contribution in [0.1, 0.15) is 37.1 Å². The Balaban J connectivity index is 1.50. The Kier molecular flexibility index (Phi) is 5.29. The zero-order valence-electron chi connectivity index (χ0n) is 16.4. The SMILES string of the molecule is CCCOc1ccc(-c2noc(C3CC(=O)N(c4cc(F)ccc4C)C3)n2)cc1. The zero-order chi connectivity index (χ0) is 20.4. The van der Waals surface area contributed by atoms with Gasteiger partial charge in [0.2, 0.25) is 17.6 Å². The quantitative estimate of drug-likeness (QED) is 0.615. The molecule has 29 heavy (non-hydrogen) atoms. The summed E-state index contributed by atoms with van der Waals surface area (Å²) < 4.78 is 24.7. The number of carbonyl (C=O) groups is 1. The van der Waals surface area contributed by atoms with Crippen LogP contribution in [0.3, 0.4) is 0 Å². The van der Waals surface area contributed by atoms with Crippen LogP contribution < -0.4 is 9.64 Å². The van der Waals surface area contributed by atoms with E-state index in [9.17, 15) is 9.18 Å². The lowest BCUT2D eigenvalue weighted by atomic mass is 10.1. The van der Waals surface area contributed by atoms with Gasteiger partial charge in [0.25, 0.3) is 0 Å². The minimum absolute atomic E-state index is 0.0825. The molecule has 7 heteroatoms. The van der Waals surface area contributed by atoms with Gasteiger partial charge in [-0.1, -0.05) is 18.1 Å². The fourth-order valence-electron chi connectivity index (χ4n) is 3.42. The van der Waals surface area contributed by atoms with Crippen LogP contribution in [0.4, 0.5) is 10.1 Å². The molecule has 1 aliphatic rings. The molecular formula is C22H22FN3O3. The zero-order valence-corrected chi connectivity index (χ0v) is 16.4. The molecule has 0 bridgehead atoms. The van der Waals surface area contributed by atoms with E-state index in [4.69, 9.17) is 9.26 Å². The second kappa shape index (κ2) is 8.03. The van der Waals surface area contributed by atoms with Gasteiger partial charge >= 0.3 is 0 Å². The highest BCUT2D eigenvalue weighted by Crippen LogP contribution is 2.34. The third kappa shape index (κ3) is 3.99. The molecule has 0 radical (unpaired) electrons. The minimum atomic E-state index is -0.367. The van der Waals surface area contributed by atoms with Crippen LogP contribution in [-0.2, 0) is 4.79 Å². The summed E-state index contributed by atoms with van der Waals surface area (Å²) >= 11 is 0. The Bertz CT molecular complexity index is 1020. The number of hydrogen-bond acceptors (Lipinski definition) is 5. The predicted molar refractivity (Wildman–Crippen MR) is 106 cm³/mol. The van der Waals surface area contributed by atoms with Gasteiger partial charge in [0.1, 0.15) is 11.6 Å². The molecule has 3 aromatic rings. The molecule has 0 saturated carbocycles. The highest BCUT2D eigenvalue weighted by atomic mass is 19.1. The van der Waals surface area contributed by atoms with Gasteiger partial charge in [-0.3, -0.25) is 4.79 Å². The summed E-state index contributed by atoms with van der Waals surface area (Å²) in [5, 5.41) is 4.06. The van der Waals surface area contributed by atoms with E-state index in [0.717, 1.165) is 23.3 Å². The second-order valence-electron chi connectivity index (χ2n) is 7.17. The summed E-state index contributed by atoms with van der Waals surface area (Å²) in [4.78, 5) is 18.6. The first-order valence-corrected chi connectivity index (χ1v) is 9.68. The number of carbonyl (C=O) groups excluding carboxylic acids is 1. The van der Waals surface area contributed by atoms with Crippen molar-refractivity contribution < 1.29 is 18.4 Å². The third-order valence-corrected chi connectivity index (χ3v) is 4.96. The first kappa shape index (κ1) is 19.1. The van der Waals surface area contributed by atoms with Crippen molar-refractivity contribution in [2.24, 2.45) is 0 Å². The Morgan fingerprint density at radius 1 is 1.24 bits per heavy atom. The molecule has 1 fully saturated rings. The van der Waals surface area contributed by atoms with Crippen molar-refractivity contribution in [1.29, 1.82) is 0 Å². The van der Waals surface area contributed by atoms with Crippen LogP contribution in [0.15, 0.2) is 47.0 Å². The van der Waals surface area contributed by atoms with E-state index >= 15 is 0 Å². The lowest BCUT2D eigenvalue weighted by molar-refractivity contribution is -0.117. The molecule has 0 N–H and O–H groups in total. The van der Waals surface area contributed by atoms with Crippen LogP contribution in [0, 0.1) is 12.7 Å². The van der Waals surface area contributed by atoms with Crippen molar-refractivity contribution in [3.8, 4) is 17.1 Å². The van der Waals surface area contributed by atoms with E-state index in [2.05, 4.69) is 17.1 Å². The van der Waals surface area contributed by atoms with E-state index in [-0.39, 0.29) is 24.1 Å². The number of nitrogens with zero attached hydrogens (tertiary/aromatic N) is 3. The van der Waals surface area contributed by atoms with Gasteiger partial charge in [-0.25, -0.2) is 4.39 Å². The van der Waals surface area contributed by atoms with Crippen LogP contribution in [0.5, 0.6) is 5.75 Å². The standard InChI is InChI=1S/C22H22FN3O3/c1-3-10-28-18-8-5-15(6-9-18)21-24-22(29-25-21)16-11-20(27)26(13-16)19-12-17(23)7-4-14(19)2/h4-9,12,16H,3,10-11,13H2,1-2H3. The number of rotatable bonds is 6. The number of ether oxygens (including phenoxy) is 1. The average Bonchev–Trinajstić information content (AvgIpc) is 3.36. The monoisotopic (exact) mass is 395 g/mol. The molecule has 1 unspecified atom stereocenters. The molecule has 150 valence electrons. The van der Waals surface area contributed by atoms with E-state index in [1.54, 1.807) is 11.0 Å². The van der Waals surface area contributed by atoms with E-state index < -0.39 is 0 Å². The van der Waals surface area contributed by atoms with Crippen LogP contribution in [-0.4, -0.2) is 29.2 Å². The smallest absolute Gasteiger partial charge is 0.232 e. The molecular weight excluding hydrogens is 373 g/mol. The van der Waals surface area contributed by atoms with Gasteiger partial charge in [0, 0.05) is 24.2 Å². The number of aromatic nitrogens is 2. The van der Waals surface area contributed by atoms with E-state index in [0.29, 0.717) is 30.6 Å². The number of anilines is 1. The Morgan fingerprint density at radius 3 is 2.79 bits per heavy atom. The molecule has 1 amide bonds. The summed E-state index contributed by atoms with van der Waals surface area (Å²) in [5.74, 6) is 1.00. The second-order valence-corrected chi connectivity index (χ2v) is 7.17. The number of halogens is 1. The number of hydrogen-bond donors (Lipinski definition) is 0. The molecule has 0 aliphatic carbocycles. The minimum Gasteiger partial charge on any atom is -0.494 e. The summed E-state index contributed by atoms with van der Waals surface area (Å²) in [6.45, 7) is 4.96. The average molecular weight is 395 g/mol. The predicted octanol–water partition coefficient (Wildman–Crippen LogP) is 4.49. The summed E-state index contributed by atoms with van der Waals surface area (Å²) in [6.07, 6.45) is 1.20. The van der Waals surface area contributed by atoms with Crippen LogP contribution >= 0.6 is 0 Å². The first-order chi connectivity index (χ1) is 14.0. The van der Waals surface area contributed by atoms with Crippen LogP contribution in [0.25, 0.3) is 11.4 Å². The summed E-state index contributed by atoms with van der Waals surface area (Å²) in [6, 6.07) is 11.9. The maximum Gasteiger partial charge on any atom is 0.232 e. The molecule has 0 spiro atoms. The van der Waals surface area contributed by atoms with Gasteiger partial charge in [0.15, 0.2) is 0 Å². The highest BCUT2D eigenvalue weighted by molar-refractivity contribution is 5.97. The number of benzene rings is 2. The van der Waals surface area contributed by atoms with Crippen LogP contribution in [0.2, 0.25) is 0 Å². The Labute approximate surface area is 168 Å². The molecule has 2 aromatic carbocycles. The Morgan fingerprint density at radius 2 is 2.03 bits per heavy atom. The van der Waals surface area contributed by atoms with Gasteiger partial charge < -0.3 is 14.2 Å². The first-order valence-electron chi connectivity index (χ1n) is 9.68. The van der Waals surface area contributed by atoms with E-state index in [1.807, 2.05) is 31.2 Å². The van der Waals surface area contributed by atoms with Crippen molar-refractivity contribution >= 4 is 11.6 Å². The summed E-state index contributed by atoms with van der Waals surface area (Å²) in [7, 11) is 0. The fraction of sp³-hybridized carbons (Fsp3) is 0.318. The summed E-state index contributed by atoms with van der Waals surface area (Å²) in [5.41, 5.74) is 2.24. The highest BCUT2D eigenvalue weighted by Gasteiger charge is 2.35. The molecule has 1 atom stereocenters. The third-order valence-electron chi connectivity index (χ3n) is 4.96. The molecule has 2 heterocycles. The number of aryl methyl sites for hydroxylation is 1. The van der Waals surface area contributed by atoms with Crippen molar-refractivity contribution in [3.63, 3.8) is 0 Å². The van der Waals surface area contributed by atoms with Gasteiger partial charge in [0.05, 0.1) is 12.5 Å². The Hall–Kier alpha value is -3.22. The topological polar surface area (TPSA) is 68.5 Å². The fourth-order valence-corrected chi connectivity index (χ4v) is 3.42. The van der Waals surface area contributed by atoms with Crippen molar-refractivity contribution in [3.05, 3.63) is 59.7 Å². The molecule has 6 nitrogen and oxygen atoms in total. The van der Waals surface area contributed by atoms with Crippen molar-refractivity contribution in [1.82, 2.24) is 10.1 Å².